The van der Waals surface area contributed by atoms with Crippen LogP contribution in [0.3, 0.4) is 0 Å². The maximum atomic E-state index is 5.90. The number of aromatic nitrogens is 2. The van der Waals surface area contributed by atoms with Gasteiger partial charge in [-0.05, 0) is 25.2 Å². The van der Waals surface area contributed by atoms with Crippen LogP contribution in [0.1, 0.15) is 50.2 Å². The molecule has 1 aromatic heterocycles. The minimum absolute atomic E-state index is 0.368. The van der Waals surface area contributed by atoms with Crippen LogP contribution in [0, 0.1) is 12.3 Å². The highest BCUT2D eigenvalue weighted by atomic mass is 15.0. The van der Waals surface area contributed by atoms with Gasteiger partial charge in [0.2, 0.25) is 0 Å². The van der Waals surface area contributed by atoms with Crippen molar-refractivity contribution < 1.29 is 0 Å². The lowest BCUT2D eigenvalue weighted by Crippen LogP contribution is -2.07. The van der Waals surface area contributed by atoms with E-state index in [1.165, 1.54) is 6.42 Å². The topological polar surface area (TPSA) is 51.8 Å². The first-order valence-corrected chi connectivity index (χ1v) is 5.58. The molecule has 0 radical (unpaired) electrons. The Hall–Kier alpha value is -1.12. The number of nitrogens with zero attached hydrogens (tertiary/aromatic N) is 2. The molecule has 3 nitrogen and oxygen atoms in total. The minimum Gasteiger partial charge on any atom is -0.383 e. The molecular formula is C12H19N3. The molecule has 82 valence electrons. The van der Waals surface area contributed by atoms with Gasteiger partial charge in [0.05, 0.1) is 0 Å². The molecule has 2 rings (SSSR count). The zero-order valence-corrected chi connectivity index (χ0v) is 9.96. The summed E-state index contributed by atoms with van der Waals surface area (Å²) in [6.45, 7) is 8.61. The normalized spacial score (nSPS) is 22.8. The Morgan fingerprint density at radius 2 is 2.00 bits per heavy atom. The first kappa shape index (κ1) is 10.4. The first-order chi connectivity index (χ1) is 6.95. The Bertz CT molecular complexity index is 396. The maximum Gasteiger partial charge on any atom is 0.134 e. The van der Waals surface area contributed by atoms with Gasteiger partial charge in [-0.2, -0.15) is 0 Å². The van der Waals surface area contributed by atoms with Crippen molar-refractivity contribution in [3.05, 3.63) is 17.1 Å². The highest BCUT2D eigenvalue weighted by Gasteiger charge is 2.48. The van der Waals surface area contributed by atoms with Gasteiger partial charge in [-0.15, -0.1) is 0 Å². The Balaban J connectivity index is 2.39. The molecule has 1 unspecified atom stereocenters. The second kappa shape index (κ2) is 3.19. The molecule has 1 atom stereocenters. The second-order valence-electron chi connectivity index (χ2n) is 5.14. The van der Waals surface area contributed by atoms with Gasteiger partial charge in [-0.1, -0.05) is 20.8 Å². The van der Waals surface area contributed by atoms with Crippen LogP contribution < -0.4 is 5.73 Å². The van der Waals surface area contributed by atoms with E-state index in [9.17, 15) is 0 Å². The van der Waals surface area contributed by atoms with Crippen molar-refractivity contribution >= 4 is 5.82 Å². The number of rotatable bonds is 2. The lowest BCUT2D eigenvalue weighted by molar-refractivity contribution is 0.607. The van der Waals surface area contributed by atoms with Crippen molar-refractivity contribution in [2.24, 2.45) is 5.41 Å². The van der Waals surface area contributed by atoms with Gasteiger partial charge in [-0.25, -0.2) is 9.97 Å². The van der Waals surface area contributed by atoms with E-state index in [0.717, 1.165) is 23.5 Å². The Morgan fingerprint density at radius 3 is 2.47 bits per heavy atom. The van der Waals surface area contributed by atoms with E-state index in [-0.39, 0.29) is 0 Å². The van der Waals surface area contributed by atoms with Crippen molar-refractivity contribution in [3.8, 4) is 0 Å². The number of hydrogen-bond donors (Lipinski definition) is 1. The van der Waals surface area contributed by atoms with Crippen LogP contribution in [0.5, 0.6) is 0 Å². The number of aryl methyl sites for hydroxylation is 1. The maximum absolute atomic E-state index is 5.90. The Morgan fingerprint density at radius 1 is 1.40 bits per heavy atom. The number of anilines is 1. The molecule has 1 saturated carbocycles. The Kier molecular flexibility index (Phi) is 2.21. The molecule has 1 fully saturated rings. The molecule has 1 aromatic rings. The zero-order valence-electron chi connectivity index (χ0n) is 9.96. The molecule has 15 heavy (non-hydrogen) atoms. The van der Waals surface area contributed by atoms with Gasteiger partial charge in [0.25, 0.3) is 0 Å². The summed E-state index contributed by atoms with van der Waals surface area (Å²) >= 11 is 0. The molecule has 0 aromatic carbocycles. The molecule has 0 spiro atoms. The largest absolute Gasteiger partial charge is 0.383 e. The molecule has 0 amide bonds. The molecule has 0 saturated heterocycles. The SMILES string of the molecule is CCc1nc(C2CC2(C)C)nc(N)c1C. The summed E-state index contributed by atoms with van der Waals surface area (Å²) < 4.78 is 0. The average Bonchev–Trinajstić information content (AvgIpc) is 2.80. The summed E-state index contributed by atoms with van der Waals surface area (Å²) in [6, 6.07) is 0. The van der Waals surface area contributed by atoms with Crippen LogP contribution >= 0.6 is 0 Å². The summed E-state index contributed by atoms with van der Waals surface area (Å²) in [6.07, 6.45) is 2.11. The summed E-state index contributed by atoms with van der Waals surface area (Å²) in [7, 11) is 0. The zero-order chi connectivity index (χ0) is 11.2. The summed E-state index contributed by atoms with van der Waals surface area (Å²) in [5.74, 6) is 2.10. The van der Waals surface area contributed by atoms with Gasteiger partial charge >= 0.3 is 0 Å². The fourth-order valence-corrected chi connectivity index (χ4v) is 2.01. The fraction of sp³-hybridized carbons (Fsp3) is 0.667. The predicted octanol–water partition coefficient (Wildman–Crippen LogP) is 2.44. The molecule has 1 aliphatic carbocycles. The van der Waals surface area contributed by atoms with Gasteiger partial charge in [-0.3, -0.25) is 0 Å². The highest BCUT2D eigenvalue weighted by molar-refractivity contribution is 5.42. The average molecular weight is 205 g/mol. The van der Waals surface area contributed by atoms with Gasteiger partial charge < -0.3 is 5.73 Å². The van der Waals surface area contributed by atoms with E-state index < -0.39 is 0 Å². The highest BCUT2D eigenvalue weighted by Crippen LogP contribution is 2.57. The number of hydrogen-bond acceptors (Lipinski definition) is 3. The van der Waals surface area contributed by atoms with Crippen LogP contribution in [-0.4, -0.2) is 9.97 Å². The monoisotopic (exact) mass is 205 g/mol. The molecule has 2 N–H and O–H groups in total. The molecule has 1 aliphatic rings. The van der Waals surface area contributed by atoms with Gasteiger partial charge in [0, 0.05) is 17.2 Å². The summed E-state index contributed by atoms with van der Waals surface area (Å²) in [5.41, 5.74) is 8.41. The smallest absolute Gasteiger partial charge is 0.134 e. The molecule has 3 heteroatoms. The lowest BCUT2D eigenvalue weighted by atomic mass is 10.1. The van der Waals surface area contributed by atoms with E-state index in [2.05, 4.69) is 30.7 Å². The molecule has 1 heterocycles. The van der Waals surface area contributed by atoms with Crippen LogP contribution in [0.25, 0.3) is 0 Å². The van der Waals surface area contributed by atoms with Crippen molar-refractivity contribution in [3.63, 3.8) is 0 Å². The van der Waals surface area contributed by atoms with E-state index in [1.54, 1.807) is 0 Å². The second-order valence-corrected chi connectivity index (χ2v) is 5.14. The first-order valence-electron chi connectivity index (χ1n) is 5.58. The molecule has 0 bridgehead atoms. The third-order valence-electron chi connectivity index (χ3n) is 3.46. The predicted molar refractivity (Wildman–Crippen MR) is 61.7 cm³/mol. The van der Waals surface area contributed by atoms with E-state index in [1.807, 2.05) is 6.92 Å². The van der Waals surface area contributed by atoms with Crippen molar-refractivity contribution in [1.82, 2.24) is 9.97 Å². The molecule has 0 aliphatic heterocycles. The fourth-order valence-electron chi connectivity index (χ4n) is 2.01. The van der Waals surface area contributed by atoms with Crippen molar-refractivity contribution in [2.75, 3.05) is 5.73 Å². The van der Waals surface area contributed by atoms with Crippen LogP contribution in [0.15, 0.2) is 0 Å². The van der Waals surface area contributed by atoms with Crippen LogP contribution in [0.4, 0.5) is 5.82 Å². The van der Waals surface area contributed by atoms with Crippen LogP contribution in [-0.2, 0) is 6.42 Å². The summed E-state index contributed by atoms with van der Waals surface area (Å²) in [5, 5.41) is 0. The third kappa shape index (κ3) is 1.71. The number of nitrogen functional groups attached to an aromatic ring is 1. The van der Waals surface area contributed by atoms with Crippen molar-refractivity contribution in [1.29, 1.82) is 0 Å². The third-order valence-corrected chi connectivity index (χ3v) is 3.46. The Labute approximate surface area is 91.1 Å². The summed E-state index contributed by atoms with van der Waals surface area (Å²) in [4.78, 5) is 9.02. The lowest BCUT2D eigenvalue weighted by Gasteiger charge is -2.09. The number of nitrogens with two attached hydrogens (primary N) is 1. The van der Waals surface area contributed by atoms with E-state index in [4.69, 9.17) is 5.73 Å². The van der Waals surface area contributed by atoms with E-state index in [0.29, 0.717) is 17.2 Å². The quantitative estimate of drug-likeness (QED) is 0.806. The van der Waals surface area contributed by atoms with E-state index >= 15 is 0 Å². The van der Waals surface area contributed by atoms with Crippen LogP contribution in [0.2, 0.25) is 0 Å². The molecular weight excluding hydrogens is 186 g/mol. The minimum atomic E-state index is 0.368. The van der Waals surface area contributed by atoms with Crippen molar-refractivity contribution in [2.45, 2.75) is 46.5 Å². The standard InChI is InChI=1S/C12H19N3/c1-5-9-7(2)10(13)15-11(14-9)8-6-12(8,3)4/h8H,5-6H2,1-4H3,(H2,13,14,15). The van der Waals surface area contributed by atoms with Gasteiger partial charge in [0.1, 0.15) is 11.6 Å². The van der Waals surface area contributed by atoms with Gasteiger partial charge in [0.15, 0.2) is 0 Å².